The SMILES string of the molecule is COC(=O)c1cc(-c2cccc(F)c2OC)c(=O)n2c1CCC2. The van der Waals surface area contributed by atoms with Crippen LogP contribution in [-0.2, 0) is 17.7 Å². The zero-order chi connectivity index (χ0) is 16.6. The van der Waals surface area contributed by atoms with Gasteiger partial charge in [0, 0.05) is 17.8 Å². The molecule has 3 rings (SSSR count). The van der Waals surface area contributed by atoms with E-state index in [-0.39, 0.29) is 16.9 Å². The first-order valence-corrected chi connectivity index (χ1v) is 7.26. The van der Waals surface area contributed by atoms with Crippen LogP contribution >= 0.6 is 0 Å². The van der Waals surface area contributed by atoms with Crippen molar-refractivity contribution in [3.05, 3.63) is 51.7 Å². The van der Waals surface area contributed by atoms with Gasteiger partial charge in [-0.25, -0.2) is 9.18 Å². The van der Waals surface area contributed by atoms with Gasteiger partial charge in [-0.2, -0.15) is 0 Å². The molecule has 0 atom stereocenters. The number of carbonyl (C=O) groups is 1. The predicted molar refractivity (Wildman–Crippen MR) is 82.3 cm³/mol. The molecule has 1 aromatic carbocycles. The molecule has 23 heavy (non-hydrogen) atoms. The number of carbonyl (C=O) groups excluding carboxylic acids is 1. The quantitative estimate of drug-likeness (QED) is 0.816. The topological polar surface area (TPSA) is 57.5 Å². The lowest BCUT2D eigenvalue weighted by atomic mass is 10.0. The smallest absolute Gasteiger partial charge is 0.339 e. The fourth-order valence-electron chi connectivity index (χ4n) is 3.02. The molecule has 0 amide bonds. The minimum absolute atomic E-state index is 0.0148. The van der Waals surface area contributed by atoms with Gasteiger partial charge in [0.15, 0.2) is 11.6 Å². The van der Waals surface area contributed by atoms with E-state index in [2.05, 4.69) is 0 Å². The third kappa shape index (κ3) is 2.40. The van der Waals surface area contributed by atoms with Crippen LogP contribution in [0.2, 0.25) is 0 Å². The van der Waals surface area contributed by atoms with Crippen molar-refractivity contribution in [3.8, 4) is 16.9 Å². The molecule has 0 N–H and O–H groups in total. The van der Waals surface area contributed by atoms with E-state index in [0.717, 1.165) is 6.42 Å². The number of para-hydroxylation sites is 1. The average Bonchev–Trinajstić information content (AvgIpc) is 3.04. The molecule has 0 bridgehead atoms. The van der Waals surface area contributed by atoms with Crippen molar-refractivity contribution < 1.29 is 18.7 Å². The molecule has 0 spiro atoms. The van der Waals surface area contributed by atoms with Gasteiger partial charge in [0.2, 0.25) is 0 Å². The van der Waals surface area contributed by atoms with Crippen molar-refractivity contribution in [3.63, 3.8) is 0 Å². The second-order valence-electron chi connectivity index (χ2n) is 5.29. The van der Waals surface area contributed by atoms with Gasteiger partial charge in [0.1, 0.15) is 0 Å². The number of fused-ring (bicyclic) bond motifs is 1. The van der Waals surface area contributed by atoms with Gasteiger partial charge in [-0.1, -0.05) is 12.1 Å². The Kier molecular flexibility index (Phi) is 3.90. The maximum absolute atomic E-state index is 13.9. The second-order valence-corrected chi connectivity index (χ2v) is 5.29. The molecule has 0 unspecified atom stereocenters. The molecular formula is C17H16FNO4. The van der Waals surface area contributed by atoms with Gasteiger partial charge >= 0.3 is 5.97 Å². The largest absolute Gasteiger partial charge is 0.493 e. The molecule has 0 saturated heterocycles. The fourth-order valence-corrected chi connectivity index (χ4v) is 3.02. The molecule has 2 heterocycles. The monoisotopic (exact) mass is 317 g/mol. The second kappa shape index (κ2) is 5.87. The highest BCUT2D eigenvalue weighted by atomic mass is 19.1. The van der Waals surface area contributed by atoms with Crippen LogP contribution < -0.4 is 10.3 Å². The summed E-state index contributed by atoms with van der Waals surface area (Å²) in [5.41, 5.74) is 1.30. The van der Waals surface area contributed by atoms with Crippen LogP contribution in [0.1, 0.15) is 22.5 Å². The Morgan fingerprint density at radius 3 is 2.74 bits per heavy atom. The third-order valence-corrected chi connectivity index (χ3v) is 4.06. The molecule has 0 aliphatic carbocycles. The maximum atomic E-state index is 13.9. The van der Waals surface area contributed by atoms with Crippen LogP contribution in [0.15, 0.2) is 29.1 Å². The van der Waals surface area contributed by atoms with Crippen LogP contribution in [0.4, 0.5) is 4.39 Å². The van der Waals surface area contributed by atoms with E-state index in [1.807, 2.05) is 0 Å². The molecule has 1 aliphatic heterocycles. The van der Waals surface area contributed by atoms with E-state index >= 15 is 0 Å². The van der Waals surface area contributed by atoms with Crippen LogP contribution in [0, 0.1) is 5.82 Å². The van der Waals surface area contributed by atoms with Crippen LogP contribution in [-0.4, -0.2) is 24.8 Å². The molecule has 2 aromatic rings. The highest BCUT2D eigenvalue weighted by Gasteiger charge is 2.25. The first kappa shape index (κ1) is 15.3. The number of rotatable bonds is 3. The number of pyridine rings is 1. The number of esters is 1. The number of hydrogen-bond donors (Lipinski definition) is 0. The van der Waals surface area contributed by atoms with Crippen LogP contribution in [0.25, 0.3) is 11.1 Å². The van der Waals surface area contributed by atoms with Gasteiger partial charge in [0.05, 0.1) is 25.3 Å². The summed E-state index contributed by atoms with van der Waals surface area (Å²) in [6.45, 7) is 0.531. The summed E-state index contributed by atoms with van der Waals surface area (Å²) in [5.74, 6) is -1.08. The standard InChI is InChI=1S/C17H16FNO4/c1-22-15-10(5-3-6-13(15)18)11-9-12(17(21)23-2)14-7-4-8-19(14)16(11)20/h3,5-6,9H,4,7-8H2,1-2H3. The summed E-state index contributed by atoms with van der Waals surface area (Å²) >= 11 is 0. The van der Waals surface area contributed by atoms with Crippen LogP contribution in [0.3, 0.4) is 0 Å². The Balaban J connectivity index is 2.32. The summed E-state index contributed by atoms with van der Waals surface area (Å²) in [4.78, 5) is 24.8. The van der Waals surface area contributed by atoms with Crippen molar-refractivity contribution in [2.45, 2.75) is 19.4 Å². The van der Waals surface area contributed by atoms with E-state index in [1.54, 1.807) is 10.6 Å². The number of methoxy groups -OCH3 is 2. The van der Waals surface area contributed by atoms with Crippen LogP contribution in [0.5, 0.6) is 5.75 Å². The predicted octanol–water partition coefficient (Wildman–Crippen LogP) is 2.40. The van der Waals surface area contributed by atoms with Crippen molar-refractivity contribution in [2.75, 3.05) is 14.2 Å². The van der Waals surface area contributed by atoms with Gasteiger partial charge < -0.3 is 14.0 Å². The number of aromatic nitrogens is 1. The number of halogens is 1. The lowest BCUT2D eigenvalue weighted by Crippen LogP contribution is -2.24. The van der Waals surface area contributed by atoms with E-state index < -0.39 is 11.8 Å². The molecular weight excluding hydrogens is 301 g/mol. The summed E-state index contributed by atoms with van der Waals surface area (Å²) in [5, 5.41) is 0. The Morgan fingerprint density at radius 1 is 1.26 bits per heavy atom. The van der Waals surface area contributed by atoms with E-state index in [9.17, 15) is 14.0 Å². The minimum Gasteiger partial charge on any atom is -0.493 e. The maximum Gasteiger partial charge on any atom is 0.339 e. The van der Waals surface area contributed by atoms with Gasteiger partial charge in [-0.15, -0.1) is 0 Å². The first-order chi connectivity index (χ1) is 11.1. The Morgan fingerprint density at radius 2 is 2.04 bits per heavy atom. The van der Waals surface area contributed by atoms with Crippen molar-refractivity contribution >= 4 is 5.97 Å². The number of ether oxygens (including phenoxy) is 2. The molecule has 1 aromatic heterocycles. The van der Waals surface area contributed by atoms with Crippen molar-refractivity contribution in [2.24, 2.45) is 0 Å². The van der Waals surface area contributed by atoms with E-state index in [1.165, 1.54) is 32.4 Å². The molecule has 1 aliphatic rings. The summed E-state index contributed by atoms with van der Waals surface area (Å²) < 4.78 is 25.4. The zero-order valence-corrected chi connectivity index (χ0v) is 12.9. The fraction of sp³-hybridized carbons (Fsp3) is 0.294. The number of benzene rings is 1. The Hall–Kier alpha value is -2.63. The van der Waals surface area contributed by atoms with Crippen molar-refractivity contribution in [1.29, 1.82) is 0 Å². The normalized spacial score (nSPS) is 12.8. The molecule has 120 valence electrons. The summed E-state index contributed by atoms with van der Waals surface area (Å²) in [6, 6.07) is 5.83. The van der Waals surface area contributed by atoms with Gasteiger partial charge in [-0.3, -0.25) is 4.79 Å². The molecule has 6 heteroatoms. The molecule has 0 saturated carbocycles. The molecule has 5 nitrogen and oxygen atoms in total. The molecule has 0 radical (unpaired) electrons. The third-order valence-electron chi connectivity index (χ3n) is 4.06. The van der Waals surface area contributed by atoms with E-state index in [0.29, 0.717) is 29.8 Å². The van der Waals surface area contributed by atoms with Gasteiger partial charge in [0.25, 0.3) is 5.56 Å². The Labute approximate surface area is 132 Å². The number of nitrogens with zero attached hydrogens (tertiary/aromatic N) is 1. The summed E-state index contributed by atoms with van der Waals surface area (Å²) in [6.07, 6.45) is 1.42. The lowest BCUT2D eigenvalue weighted by molar-refractivity contribution is 0.0598. The first-order valence-electron chi connectivity index (χ1n) is 7.26. The van der Waals surface area contributed by atoms with Crippen molar-refractivity contribution in [1.82, 2.24) is 4.57 Å². The van der Waals surface area contributed by atoms with E-state index in [4.69, 9.17) is 9.47 Å². The number of hydrogen-bond acceptors (Lipinski definition) is 4. The van der Waals surface area contributed by atoms with Gasteiger partial charge in [-0.05, 0) is 25.0 Å². The Bertz CT molecular complexity index is 841. The minimum atomic E-state index is -0.561. The highest BCUT2D eigenvalue weighted by molar-refractivity contribution is 5.92. The zero-order valence-electron chi connectivity index (χ0n) is 12.9. The highest BCUT2D eigenvalue weighted by Crippen LogP contribution is 2.32. The average molecular weight is 317 g/mol. The molecule has 0 fully saturated rings. The summed E-state index contributed by atoms with van der Waals surface area (Å²) in [7, 11) is 2.63. The lowest BCUT2D eigenvalue weighted by Gasteiger charge is -2.14.